The molecule has 0 bridgehead atoms. The van der Waals surface area contributed by atoms with E-state index in [1.807, 2.05) is 0 Å². The molecule has 0 radical (unpaired) electrons. The smallest absolute Gasteiger partial charge is 0.145 e. The molecule has 0 heterocycles. The van der Waals surface area contributed by atoms with E-state index in [4.69, 9.17) is 0 Å². The molecule has 1 heteroatoms. The van der Waals surface area contributed by atoms with Crippen molar-refractivity contribution in [3.63, 3.8) is 0 Å². The third-order valence-corrected chi connectivity index (χ3v) is 4.23. The molecule has 1 atom stereocenters. The normalized spacial score (nSPS) is 14.2. The minimum atomic E-state index is 0.487. The molecule has 0 N–H and O–H groups in total. The lowest BCUT2D eigenvalue weighted by Gasteiger charge is -2.35. The van der Waals surface area contributed by atoms with Crippen molar-refractivity contribution in [1.29, 1.82) is 0 Å². The molecule has 0 aliphatic heterocycles. The van der Waals surface area contributed by atoms with Crippen molar-refractivity contribution in [3.8, 4) is 0 Å². The van der Waals surface area contributed by atoms with Crippen LogP contribution in [0.2, 0.25) is 0 Å². The molecule has 16 heavy (non-hydrogen) atoms. The van der Waals surface area contributed by atoms with E-state index in [0.717, 1.165) is 18.4 Å². The maximum absolute atomic E-state index is 4.02. The maximum atomic E-state index is 4.02. The summed E-state index contributed by atoms with van der Waals surface area (Å²) >= 11 is 0. The molecule has 0 rings (SSSR count). The first-order chi connectivity index (χ1) is 7.35. The molecule has 0 spiro atoms. The lowest BCUT2D eigenvalue weighted by atomic mass is 9.70. The molecule has 0 aromatic heterocycles. The van der Waals surface area contributed by atoms with Gasteiger partial charge in [-0.05, 0) is 17.8 Å². The fourth-order valence-corrected chi connectivity index (χ4v) is 2.40. The van der Waals surface area contributed by atoms with Gasteiger partial charge in [-0.3, -0.25) is 0 Å². The predicted molar refractivity (Wildman–Crippen MR) is 74.4 cm³/mol. The quantitative estimate of drug-likeness (QED) is 0.431. The van der Waals surface area contributed by atoms with Gasteiger partial charge in [0.05, 0.1) is 0 Å². The summed E-state index contributed by atoms with van der Waals surface area (Å²) in [5.41, 5.74) is 0.487. The van der Waals surface area contributed by atoms with E-state index in [1.54, 1.807) is 0 Å². The summed E-state index contributed by atoms with van der Waals surface area (Å²) in [4.78, 5) is 0. The van der Waals surface area contributed by atoms with Crippen molar-refractivity contribution in [1.82, 2.24) is 0 Å². The summed E-state index contributed by atoms with van der Waals surface area (Å²) < 4.78 is 2.11. The number of hydrogen-bond donors (Lipinski definition) is 0. The average molecular weight is 226 g/mol. The second-order valence-corrected chi connectivity index (χ2v) is 6.07. The highest BCUT2D eigenvalue weighted by molar-refractivity contribution is 5.14. The van der Waals surface area contributed by atoms with Crippen molar-refractivity contribution in [2.24, 2.45) is 17.3 Å². The Morgan fingerprint density at radius 3 is 1.94 bits per heavy atom. The molecule has 1 unspecified atom stereocenters. The van der Waals surface area contributed by atoms with E-state index in [2.05, 4.69) is 53.0 Å². The van der Waals surface area contributed by atoms with Crippen molar-refractivity contribution in [2.45, 2.75) is 60.3 Å². The zero-order chi connectivity index (χ0) is 12.8. The van der Waals surface area contributed by atoms with Gasteiger partial charge in [-0.25, -0.2) is 4.58 Å². The van der Waals surface area contributed by atoms with Crippen LogP contribution in [0.25, 0.3) is 0 Å². The highest BCUT2D eigenvalue weighted by atomic mass is 14.9. The van der Waals surface area contributed by atoms with Crippen LogP contribution in [0, 0.1) is 17.3 Å². The minimum absolute atomic E-state index is 0.487. The van der Waals surface area contributed by atoms with Crippen LogP contribution in [0.4, 0.5) is 0 Å². The Labute approximate surface area is 103 Å². The molecule has 0 aromatic carbocycles. The Balaban J connectivity index is 4.57. The lowest BCUT2D eigenvalue weighted by Crippen LogP contribution is -2.32. The summed E-state index contributed by atoms with van der Waals surface area (Å²) in [5, 5.41) is 0. The first-order valence-electron chi connectivity index (χ1n) is 6.87. The third-order valence-electron chi connectivity index (χ3n) is 4.23. The van der Waals surface area contributed by atoms with Gasteiger partial charge in [0.25, 0.3) is 0 Å². The van der Waals surface area contributed by atoms with Gasteiger partial charge in [0.2, 0.25) is 0 Å². The second-order valence-electron chi connectivity index (χ2n) is 6.07. The standard InChI is InChI=1S/C15H32N/c1-8-15(5,9-2)14(12-16(6)7)11-10-13(3)4/h13-14H,6,8-12H2,1-5,7H3/q+1. The Morgan fingerprint density at radius 2 is 1.62 bits per heavy atom. The van der Waals surface area contributed by atoms with Gasteiger partial charge < -0.3 is 0 Å². The summed E-state index contributed by atoms with van der Waals surface area (Å²) in [6, 6.07) is 0. The summed E-state index contributed by atoms with van der Waals surface area (Å²) in [6.07, 6.45) is 5.24. The summed E-state index contributed by atoms with van der Waals surface area (Å²) in [7, 11) is 2.09. The fraction of sp³-hybridized carbons (Fsp3) is 0.933. The van der Waals surface area contributed by atoms with Gasteiger partial charge in [-0.1, -0.05) is 53.9 Å². The Bertz CT molecular complexity index is 201. The molecule has 0 saturated carbocycles. The van der Waals surface area contributed by atoms with Crippen LogP contribution < -0.4 is 0 Å². The maximum Gasteiger partial charge on any atom is 0.145 e. The lowest BCUT2D eigenvalue weighted by molar-refractivity contribution is -0.500. The highest BCUT2D eigenvalue weighted by Crippen LogP contribution is 2.38. The van der Waals surface area contributed by atoms with Crippen LogP contribution in [-0.2, 0) is 0 Å². The fourth-order valence-electron chi connectivity index (χ4n) is 2.40. The van der Waals surface area contributed by atoms with E-state index in [0.29, 0.717) is 5.41 Å². The monoisotopic (exact) mass is 226 g/mol. The van der Waals surface area contributed by atoms with E-state index >= 15 is 0 Å². The topological polar surface area (TPSA) is 3.01 Å². The molecule has 0 fully saturated rings. The number of rotatable bonds is 8. The van der Waals surface area contributed by atoms with Crippen molar-refractivity contribution in [2.75, 3.05) is 13.6 Å². The molecule has 0 aliphatic carbocycles. The van der Waals surface area contributed by atoms with E-state index in [1.165, 1.54) is 25.7 Å². The average Bonchev–Trinajstić information content (AvgIpc) is 2.22. The molecule has 0 aromatic rings. The van der Waals surface area contributed by atoms with Gasteiger partial charge in [0, 0.05) is 5.92 Å². The van der Waals surface area contributed by atoms with E-state index in [9.17, 15) is 0 Å². The van der Waals surface area contributed by atoms with Gasteiger partial charge in [0.15, 0.2) is 0 Å². The second kappa shape index (κ2) is 7.09. The Kier molecular flexibility index (Phi) is 6.94. The van der Waals surface area contributed by atoms with Crippen molar-refractivity contribution in [3.05, 3.63) is 0 Å². The van der Waals surface area contributed by atoms with E-state index < -0.39 is 0 Å². The van der Waals surface area contributed by atoms with Crippen LogP contribution in [-0.4, -0.2) is 24.9 Å². The van der Waals surface area contributed by atoms with Crippen LogP contribution in [0.15, 0.2) is 0 Å². The largest absolute Gasteiger partial charge is 0.245 e. The number of hydrogen-bond acceptors (Lipinski definition) is 0. The molecule has 0 saturated heterocycles. The summed E-state index contributed by atoms with van der Waals surface area (Å²) in [5.74, 6) is 1.60. The number of nitrogens with zero attached hydrogens (tertiary/aromatic N) is 1. The van der Waals surface area contributed by atoms with Crippen molar-refractivity contribution >= 4 is 6.72 Å². The van der Waals surface area contributed by atoms with Gasteiger partial charge in [-0.2, -0.15) is 0 Å². The molecular weight excluding hydrogens is 194 g/mol. The van der Waals surface area contributed by atoms with Gasteiger partial charge in [0.1, 0.15) is 20.3 Å². The zero-order valence-electron chi connectivity index (χ0n) is 12.3. The van der Waals surface area contributed by atoms with Gasteiger partial charge in [-0.15, -0.1) is 0 Å². The minimum Gasteiger partial charge on any atom is -0.245 e. The van der Waals surface area contributed by atoms with Crippen molar-refractivity contribution < 1.29 is 4.58 Å². The van der Waals surface area contributed by atoms with E-state index in [-0.39, 0.29) is 0 Å². The first kappa shape index (κ1) is 15.7. The van der Waals surface area contributed by atoms with Crippen LogP contribution in [0.5, 0.6) is 0 Å². The highest BCUT2D eigenvalue weighted by Gasteiger charge is 2.32. The Morgan fingerprint density at radius 1 is 1.12 bits per heavy atom. The Hall–Kier alpha value is -0.330. The van der Waals surface area contributed by atoms with Crippen LogP contribution in [0.3, 0.4) is 0 Å². The molecular formula is C15H32N+. The predicted octanol–water partition coefficient (Wildman–Crippen LogP) is 4.21. The molecule has 96 valence electrons. The third kappa shape index (κ3) is 5.14. The molecule has 0 amide bonds. The van der Waals surface area contributed by atoms with Crippen LogP contribution in [0.1, 0.15) is 60.3 Å². The van der Waals surface area contributed by atoms with Gasteiger partial charge >= 0.3 is 0 Å². The molecule has 0 aliphatic rings. The SMILES string of the molecule is C=[N+](C)CC(CCC(C)C)C(C)(CC)CC. The first-order valence-corrected chi connectivity index (χ1v) is 6.87. The summed E-state index contributed by atoms with van der Waals surface area (Å²) in [6.45, 7) is 16.9. The zero-order valence-corrected chi connectivity index (χ0v) is 12.3. The van der Waals surface area contributed by atoms with Crippen LogP contribution >= 0.6 is 0 Å². The molecule has 1 nitrogen and oxygen atoms in total.